The molecule has 1 rings (SSSR count). The zero-order valence-corrected chi connectivity index (χ0v) is 8.12. The second-order valence-electron chi connectivity index (χ2n) is 3.29. The average molecular weight is 180 g/mol. The number of aromatic nitrogens is 1. The van der Waals surface area contributed by atoms with Gasteiger partial charge in [0.1, 0.15) is 0 Å². The van der Waals surface area contributed by atoms with Gasteiger partial charge in [0.2, 0.25) is 0 Å². The smallest absolute Gasteiger partial charge is 0.0636 e. The summed E-state index contributed by atoms with van der Waals surface area (Å²) in [5.74, 6) is 0. The second kappa shape index (κ2) is 4.94. The number of aliphatic hydroxyl groups excluding tert-OH is 1. The van der Waals surface area contributed by atoms with E-state index >= 15 is 0 Å². The highest BCUT2D eigenvalue weighted by Gasteiger charge is 1.95. The van der Waals surface area contributed by atoms with Gasteiger partial charge in [0.25, 0.3) is 0 Å². The van der Waals surface area contributed by atoms with Crippen molar-refractivity contribution >= 4 is 0 Å². The first-order valence-electron chi connectivity index (χ1n) is 4.49. The van der Waals surface area contributed by atoms with Gasteiger partial charge < -0.3 is 10.4 Å². The summed E-state index contributed by atoms with van der Waals surface area (Å²) in [7, 11) is 0. The SMILES string of the molecule is Cc1ccc(CNCC(C)O)cn1. The van der Waals surface area contributed by atoms with Crippen LogP contribution in [0.4, 0.5) is 0 Å². The van der Waals surface area contributed by atoms with E-state index in [9.17, 15) is 0 Å². The Morgan fingerprint density at radius 1 is 1.54 bits per heavy atom. The largest absolute Gasteiger partial charge is 0.392 e. The van der Waals surface area contributed by atoms with Gasteiger partial charge in [-0.2, -0.15) is 0 Å². The van der Waals surface area contributed by atoms with Gasteiger partial charge in [-0.3, -0.25) is 4.98 Å². The van der Waals surface area contributed by atoms with E-state index in [1.807, 2.05) is 25.3 Å². The van der Waals surface area contributed by atoms with Gasteiger partial charge in [-0.15, -0.1) is 0 Å². The zero-order valence-electron chi connectivity index (χ0n) is 8.12. The molecular formula is C10H16N2O. The molecule has 3 nitrogen and oxygen atoms in total. The van der Waals surface area contributed by atoms with Crippen molar-refractivity contribution in [1.29, 1.82) is 0 Å². The molecule has 1 unspecified atom stereocenters. The van der Waals surface area contributed by atoms with Crippen molar-refractivity contribution in [3.63, 3.8) is 0 Å². The van der Waals surface area contributed by atoms with Gasteiger partial charge in [0.15, 0.2) is 0 Å². The first-order valence-corrected chi connectivity index (χ1v) is 4.49. The lowest BCUT2D eigenvalue weighted by Gasteiger charge is -2.06. The van der Waals surface area contributed by atoms with E-state index in [1.165, 1.54) is 0 Å². The Kier molecular flexibility index (Phi) is 3.86. The van der Waals surface area contributed by atoms with E-state index < -0.39 is 0 Å². The Hall–Kier alpha value is -0.930. The fraction of sp³-hybridized carbons (Fsp3) is 0.500. The van der Waals surface area contributed by atoms with Crippen molar-refractivity contribution in [3.05, 3.63) is 29.6 Å². The van der Waals surface area contributed by atoms with Crippen LogP contribution in [0.3, 0.4) is 0 Å². The van der Waals surface area contributed by atoms with Crippen molar-refractivity contribution < 1.29 is 5.11 Å². The fourth-order valence-corrected chi connectivity index (χ4v) is 1.03. The first kappa shape index (κ1) is 10.2. The molecule has 0 saturated heterocycles. The average Bonchev–Trinajstić information content (AvgIpc) is 2.08. The third-order valence-corrected chi connectivity index (χ3v) is 1.74. The molecule has 0 fully saturated rings. The van der Waals surface area contributed by atoms with E-state index in [0.717, 1.165) is 17.8 Å². The molecule has 72 valence electrons. The zero-order chi connectivity index (χ0) is 9.68. The maximum atomic E-state index is 9.00. The van der Waals surface area contributed by atoms with Gasteiger partial charge in [-0.1, -0.05) is 6.07 Å². The highest BCUT2D eigenvalue weighted by Crippen LogP contribution is 1.98. The van der Waals surface area contributed by atoms with Gasteiger partial charge in [0, 0.05) is 25.0 Å². The summed E-state index contributed by atoms with van der Waals surface area (Å²) < 4.78 is 0. The minimum atomic E-state index is -0.293. The van der Waals surface area contributed by atoms with E-state index in [1.54, 1.807) is 6.92 Å². The third kappa shape index (κ3) is 4.01. The Labute approximate surface area is 78.8 Å². The molecule has 2 N–H and O–H groups in total. The summed E-state index contributed by atoms with van der Waals surface area (Å²) in [5.41, 5.74) is 2.17. The number of pyridine rings is 1. The predicted molar refractivity (Wildman–Crippen MR) is 52.4 cm³/mol. The van der Waals surface area contributed by atoms with Crippen LogP contribution in [-0.2, 0) is 6.54 Å². The quantitative estimate of drug-likeness (QED) is 0.722. The maximum Gasteiger partial charge on any atom is 0.0636 e. The molecule has 1 atom stereocenters. The minimum absolute atomic E-state index is 0.293. The normalized spacial score (nSPS) is 12.8. The number of nitrogens with one attached hydrogen (secondary N) is 1. The highest BCUT2D eigenvalue weighted by atomic mass is 16.3. The van der Waals surface area contributed by atoms with Crippen LogP contribution < -0.4 is 5.32 Å². The lowest BCUT2D eigenvalue weighted by atomic mass is 10.2. The van der Waals surface area contributed by atoms with Gasteiger partial charge in [-0.25, -0.2) is 0 Å². The van der Waals surface area contributed by atoms with E-state index in [4.69, 9.17) is 5.11 Å². The Balaban J connectivity index is 2.33. The summed E-state index contributed by atoms with van der Waals surface area (Å²) in [5, 5.41) is 12.1. The van der Waals surface area contributed by atoms with Crippen LogP contribution >= 0.6 is 0 Å². The molecule has 0 aliphatic carbocycles. The topological polar surface area (TPSA) is 45.1 Å². The molecule has 0 spiro atoms. The van der Waals surface area contributed by atoms with Crippen LogP contribution in [-0.4, -0.2) is 22.7 Å². The molecule has 0 bridgehead atoms. The standard InChI is InChI=1S/C10H16N2O/c1-8-3-4-10(7-12-8)6-11-5-9(2)13/h3-4,7,9,11,13H,5-6H2,1-2H3. The molecule has 0 aliphatic heterocycles. The molecular weight excluding hydrogens is 164 g/mol. The Morgan fingerprint density at radius 2 is 2.31 bits per heavy atom. The molecule has 1 aromatic heterocycles. The van der Waals surface area contributed by atoms with Crippen molar-refractivity contribution in [2.24, 2.45) is 0 Å². The van der Waals surface area contributed by atoms with Gasteiger partial charge in [0.05, 0.1) is 6.10 Å². The summed E-state index contributed by atoms with van der Waals surface area (Å²) in [6.07, 6.45) is 1.56. The molecule has 1 heterocycles. The summed E-state index contributed by atoms with van der Waals surface area (Å²) in [4.78, 5) is 4.17. The molecule has 13 heavy (non-hydrogen) atoms. The lowest BCUT2D eigenvalue weighted by molar-refractivity contribution is 0.191. The Bertz CT molecular complexity index is 244. The molecule has 0 aliphatic rings. The molecule has 0 amide bonds. The monoisotopic (exact) mass is 180 g/mol. The second-order valence-corrected chi connectivity index (χ2v) is 3.29. The van der Waals surface area contributed by atoms with Crippen LogP contribution in [0.25, 0.3) is 0 Å². The molecule has 0 radical (unpaired) electrons. The highest BCUT2D eigenvalue weighted by molar-refractivity contribution is 5.12. The maximum absolute atomic E-state index is 9.00. The third-order valence-electron chi connectivity index (χ3n) is 1.74. The number of rotatable bonds is 4. The molecule has 1 aromatic rings. The molecule has 0 aromatic carbocycles. The number of nitrogens with zero attached hydrogens (tertiary/aromatic N) is 1. The summed E-state index contributed by atoms with van der Waals surface area (Å²) in [6.45, 7) is 5.11. The van der Waals surface area contributed by atoms with Gasteiger partial charge in [-0.05, 0) is 25.5 Å². The number of hydrogen-bond acceptors (Lipinski definition) is 3. The molecule has 0 saturated carbocycles. The van der Waals surface area contributed by atoms with Crippen molar-refractivity contribution in [3.8, 4) is 0 Å². The number of aryl methyl sites for hydroxylation is 1. The fourth-order valence-electron chi connectivity index (χ4n) is 1.03. The summed E-state index contributed by atoms with van der Waals surface area (Å²) in [6, 6.07) is 4.02. The van der Waals surface area contributed by atoms with E-state index in [-0.39, 0.29) is 6.10 Å². The minimum Gasteiger partial charge on any atom is -0.392 e. The predicted octanol–water partition coefficient (Wildman–Crippen LogP) is 0.860. The number of aliphatic hydroxyl groups is 1. The van der Waals surface area contributed by atoms with E-state index in [2.05, 4.69) is 10.3 Å². The first-order chi connectivity index (χ1) is 6.18. The van der Waals surface area contributed by atoms with Crippen LogP contribution in [0.15, 0.2) is 18.3 Å². The van der Waals surface area contributed by atoms with Crippen molar-refractivity contribution in [2.45, 2.75) is 26.5 Å². The van der Waals surface area contributed by atoms with Crippen LogP contribution in [0.5, 0.6) is 0 Å². The van der Waals surface area contributed by atoms with Crippen LogP contribution in [0, 0.1) is 6.92 Å². The molecule has 3 heteroatoms. The van der Waals surface area contributed by atoms with Crippen LogP contribution in [0.2, 0.25) is 0 Å². The Morgan fingerprint density at radius 3 is 2.85 bits per heavy atom. The van der Waals surface area contributed by atoms with Crippen LogP contribution in [0.1, 0.15) is 18.2 Å². The van der Waals surface area contributed by atoms with Crippen molar-refractivity contribution in [2.75, 3.05) is 6.54 Å². The van der Waals surface area contributed by atoms with E-state index in [0.29, 0.717) is 6.54 Å². The lowest BCUT2D eigenvalue weighted by Crippen LogP contribution is -2.23. The van der Waals surface area contributed by atoms with Crippen molar-refractivity contribution in [1.82, 2.24) is 10.3 Å². The number of hydrogen-bond donors (Lipinski definition) is 2. The summed E-state index contributed by atoms with van der Waals surface area (Å²) >= 11 is 0. The van der Waals surface area contributed by atoms with Gasteiger partial charge >= 0.3 is 0 Å².